The van der Waals surface area contributed by atoms with Gasteiger partial charge in [-0.15, -0.1) is 0 Å². The molecule has 2 aromatic carbocycles. The largest absolute Gasteiger partial charge is 0.462 e. The number of hydrogen-bond donors (Lipinski definition) is 1. The van der Waals surface area contributed by atoms with Crippen LogP contribution in [-0.4, -0.2) is 30.3 Å². The van der Waals surface area contributed by atoms with Gasteiger partial charge >= 0.3 is 5.97 Å². The second-order valence-electron chi connectivity index (χ2n) is 10.7. The summed E-state index contributed by atoms with van der Waals surface area (Å²) in [5.41, 5.74) is 1.87. The number of anilines is 2. The quantitative estimate of drug-likeness (QED) is 0.375. The number of allylic oxidation sites excluding steroid dienone is 2. The summed E-state index contributed by atoms with van der Waals surface area (Å²) in [6.45, 7) is 4.28. The summed E-state index contributed by atoms with van der Waals surface area (Å²) in [6, 6.07) is 13.1. The highest BCUT2D eigenvalue weighted by molar-refractivity contribution is 6.22. The lowest BCUT2D eigenvalue weighted by atomic mass is 9.63. The first-order valence-corrected chi connectivity index (χ1v) is 12.6. The fraction of sp³-hybridized carbons (Fsp3) is 0.379. The molecule has 0 radical (unpaired) electrons. The summed E-state index contributed by atoms with van der Waals surface area (Å²) in [5.74, 6) is 0.290. The molecule has 0 aromatic heterocycles. The Morgan fingerprint density at radius 1 is 0.889 bits per heavy atom. The molecule has 2 bridgehead atoms. The molecule has 6 atom stereocenters. The number of amides is 3. The number of imide groups is 1. The second kappa shape index (κ2) is 8.43. The van der Waals surface area contributed by atoms with Crippen molar-refractivity contribution in [3.63, 3.8) is 0 Å². The maximum atomic E-state index is 13.3. The van der Waals surface area contributed by atoms with Crippen LogP contribution in [0.3, 0.4) is 0 Å². The molecule has 36 heavy (non-hydrogen) atoms. The van der Waals surface area contributed by atoms with Crippen LogP contribution < -0.4 is 10.2 Å². The van der Waals surface area contributed by atoms with Crippen LogP contribution >= 0.6 is 0 Å². The maximum absolute atomic E-state index is 13.3. The third-order valence-electron chi connectivity index (χ3n) is 7.98. The first kappa shape index (κ1) is 22.7. The van der Waals surface area contributed by atoms with Gasteiger partial charge in [-0.05, 0) is 84.5 Å². The van der Waals surface area contributed by atoms with Crippen LogP contribution in [0.15, 0.2) is 60.7 Å². The summed E-state index contributed by atoms with van der Waals surface area (Å²) in [5, 5.41) is 2.80. The lowest BCUT2D eigenvalue weighted by Crippen LogP contribution is -2.40. The number of benzene rings is 2. The van der Waals surface area contributed by atoms with Gasteiger partial charge in [-0.2, -0.15) is 0 Å². The van der Waals surface area contributed by atoms with Crippen LogP contribution in [0.2, 0.25) is 0 Å². The minimum absolute atomic E-state index is 0.112. The van der Waals surface area contributed by atoms with Gasteiger partial charge in [0.25, 0.3) is 5.91 Å². The number of esters is 1. The summed E-state index contributed by atoms with van der Waals surface area (Å²) in [4.78, 5) is 52.7. The molecule has 2 aromatic rings. The Morgan fingerprint density at radius 2 is 1.44 bits per heavy atom. The van der Waals surface area contributed by atoms with Crippen molar-refractivity contribution >= 4 is 35.1 Å². The second-order valence-corrected chi connectivity index (χ2v) is 10.7. The van der Waals surface area contributed by atoms with E-state index in [0.29, 0.717) is 40.9 Å². The van der Waals surface area contributed by atoms with Gasteiger partial charge in [-0.25, -0.2) is 4.79 Å². The molecule has 2 saturated carbocycles. The SMILES string of the molecule is CC(C)COC(=O)c1ccc(NC(=O)c2ccc(N3C(=O)[C@@H]4[C@@H]5C=C[C@H]([C@H]6C[C@H]56)[C@@H]4C3=O)cc2)cc1. The molecule has 5 aliphatic rings. The highest BCUT2D eigenvalue weighted by Crippen LogP contribution is 2.65. The number of nitrogens with zero attached hydrogens (tertiary/aromatic N) is 1. The van der Waals surface area contributed by atoms with Gasteiger partial charge in [0.2, 0.25) is 11.8 Å². The van der Waals surface area contributed by atoms with Gasteiger partial charge in [0.1, 0.15) is 0 Å². The van der Waals surface area contributed by atoms with Crippen molar-refractivity contribution in [1.29, 1.82) is 0 Å². The normalized spacial score (nSPS) is 29.2. The van der Waals surface area contributed by atoms with E-state index in [1.165, 1.54) is 4.90 Å². The van der Waals surface area contributed by atoms with E-state index in [4.69, 9.17) is 4.74 Å². The lowest BCUT2D eigenvalue weighted by Gasteiger charge is -2.37. The third kappa shape index (κ3) is 3.65. The molecule has 3 fully saturated rings. The van der Waals surface area contributed by atoms with E-state index in [-0.39, 0.29) is 47.3 Å². The monoisotopic (exact) mass is 484 g/mol. The van der Waals surface area contributed by atoms with Crippen LogP contribution in [0, 0.1) is 41.4 Å². The van der Waals surface area contributed by atoms with Crippen LogP contribution in [0.5, 0.6) is 0 Å². The topological polar surface area (TPSA) is 92.8 Å². The number of carbonyl (C=O) groups is 4. The third-order valence-corrected chi connectivity index (χ3v) is 7.98. The predicted molar refractivity (Wildman–Crippen MR) is 133 cm³/mol. The zero-order valence-electron chi connectivity index (χ0n) is 20.2. The molecule has 1 N–H and O–H groups in total. The summed E-state index contributed by atoms with van der Waals surface area (Å²) >= 11 is 0. The van der Waals surface area contributed by atoms with E-state index in [2.05, 4.69) is 17.5 Å². The van der Waals surface area contributed by atoms with Gasteiger partial charge in [-0.3, -0.25) is 19.3 Å². The van der Waals surface area contributed by atoms with Gasteiger partial charge in [0, 0.05) is 11.3 Å². The lowest BCUT2D eigenvalue weighted by molar-refractivity contribution is -0.124. The molecule has 1 aliphatic heterocycles. The zero-order chi connectivity index (χ0) is 25.1. The Bertz CT molecular complexity index is 1240. The number of nitrogens with one attached hydrogen (secondary N) is 1. The van der Waals surface area contributed by atoms with E-state index in [9.17, 15) is 19.2 Å². The minimum Gasteiger partial charge on any atom is -0.462 e. The van der Waals surface area contributed by atoms with Crippen molar-refractivity contribution in [2.45, 2.75) is 20.3 Å². The zero-order valence-corrected chi connectivity index (χ0v) is 20.2. The number of ether oxygens (including phenoxy) is 1. The molecule has 7 nitrogen and oxygen atoms in total. The average Bonchev–Trinajstić information content (AvgIpc) is 3.66. The Morgan fingerprint density at radius 3 is 2.00 bits per heavy atom. The van der Waals surface area contributed by atoms with Crippen LogP contribution in [-0.2, 0) is 14.3 Å². The van der Waals surface area contributed by atoms with E-state index < -0.39 is 5.97 Å². The molecule has 7 rings (SSSR count). The van der Waals surface area contributed by atoms with Crippen LogP contribution in [0.1, 0.15) is 41.0 Å². The van der Waals surface area contributed by atoms with E-state index >= 15 is 0 Å². The molecule has 1 heterocycles. The highest BCUT2D eigenvalue weighted by Gasteiger charge is 2.67. The average molecular weight is 485 g/mol. The summed E-state index contributed by atoms with van der Waals surface area (Å²) < 4.78 is 5.22. The molecule has 0 spiro atoms. The Hall–Kier alpha value is -3.74. The smallest absolute Gasteiger partial charge is 0.338 e. The van der Waals surface area contributed by atoms with Crippen molar-refractivity contribution in [2.75, 3.05) is 16.8 Å². The highest BCUT2D eigenvalue weighted by atomic mass is 16.5. The van der Waals surface area contributed by atoms with Crippen molar-refractivity contribution in [3.05, 3.63) is 71.8 Å². The Kier molecular flexibility index (Phi) is 5.32. The standard InChI is InChI=1S/C29H28N2O5/c1-15(2)14-36-29(35)17-3-7-18(8-4-17)30-26(32)16-5-9-19(10-6-16)31-27(33)24-20-11-12-21(23-13-22(20)23)25(24)28(31)34/h3-12,15,20-25H,13-14H2,1-2H3,(H,30,32)/t20-,21-,22-,23-,24-,25+/m1/s1. The molecular formula is C29H28N2O5. The molecule has 7 heteroatoms. The first-order valence-electron chi connectivity index (χ1n) is 12.6. The van der Waals surface area contributed by atoms with E-state index in [1.54, 1.807) is 48.5 Å². The predicted octanol–water partition coefficient (Wildman–Crippen LogP) is 4.31. The van der Waals surface area contributed by atoms with Gasteiger partial charge in [0.15, 0.2) is 0 Å². The van der Waals surface area contributed by atoms with Gasteiger partial charge in [0.05, 0.1) is 29.7 Å². The Labute approximate surface area is 209 Å². The van der Waals surface area contributed by atoms with E-state index in [1.807, 2.05) is 13.8 Å². The summed E-state index contributed by atoms with van der Waals surface area (Å²) in [7, 11) is 0. The number of carbonyl (C=O) groups excluding carboxylic acids is 4. The fourth-order valence-electron chi connectivity index (χ4n) is 6.19. The first-order chi connectivity index (χ1) is 17.3. The van der Waals surface area contributed by atoms with E-state index in [0.717, 1.165) is 6.42 Å². The maximum Gasteiger partial charge on any atom is 0.338 e. The Balaban J connectivity index is 1.12. The molecule has 3 amide bonds. The van der Waals surface area contributed by atoms with Crippen LogP contribution in [0.4, 0.5) is 11.4 Å². The number of rotatable bonds is 6. The van der Waals surface area contributed by atoms with Gasteiger partial charge < -0.3 is 10.1 Å². The molecule has 1 saturated heterocycles. The van der Waals surface area contributed by atoms with Gasteiger partial charge in [-0.1, -0.05) is 26.0 Å². The molecule has 4 aliphatic carbocycles. The fourth-order valence-corrected chi connectivity index (χ4v) is 6.19. The molecule has 184 valence electrons. The summed E-state index contributed by atoms with van der Waals surface area (Å²) in [6.07, 6.45) is 5.44. The molecular weight excluding hydrogens is 456 g/mol. The van der Waals surface area contributed by atoms with Crippen molar-refractivity contribution in [1.82, 2.24) is 0 Å². The van der Waals surface area contributed by atoms with Crippen molar-refractivity contribution in [3.8, 4) is 0 Å². The van der Waals surface area contributed by atoms with Crippen molar-refractivity contribution < 1.29 is 23.9 Å². The molecule has 0 unspecified atom stereocenters. The minimum atomic E-state index is -0.399. The number of hydrogen-bond acceptors (Lipinski definition) is 5. The van der Waals surface area contributed by atoms with Crippen LogP contribution in [0.25, 0.3) is 0 Å². The van der Waals surface area contributed by atoms with Crippen molar-refractivity contribution in [2.24, 2.45) is 41.4 Å².